The molecular formula is C29H35Cl2N5O2. The lowest BCUT2D eigenvalue weighted by molar-refractivity contribution is -0.127. The standard InChI is InChI=1S/C29H35Cl2N5O2/c1-19-11-14-36(15-12-19)24-8-5-21(6-9-24)20(2)32-29(37)22-4-3-13-35(17-22)18-27-33-28(34-38-27)25-10-7-23(30)16-26(25)31/h5-10,16,19-20,22H,3-4,11-15,17-18H2,1-2H3,(H,32,37). The highest BCUT2D eigenvalue weighted by Gasteiger charge is 2.28. The Hall–Kier alpha value is -2.61. The predicted molar refractivity (Wildman–Crippen MR) is 151 cm³/mol. The van der Waals surface area contributed by atoms with Crippen LogP contribution in [0.3, 0.4) is 0 Å². The fourth-order valence-corrected chi connectivity index (χ4v) is 5.85. The van der Waals surface area contributed by atoms with Crippen molar-refractivity contribution in [2.24, 2.45) is 11.8 Å². The van der Waals surface area contributed by atoms with Gasteiger partial charge in [0.15, 0.2) is 0 Å². The SMILES string of the molecule is CC1CCN(c2ccc(C(C)NC(=O)C3CCCN(Cc4nc(-c5ccc(Cl)cc5Cl)no4)C3)cc2)CC1. The van der Waals surface area contributed by atoms with E-state index in [9.17, 15) is 4.79 Å². The number of hydrogen-bond donors (Lipinski definition) is 1. The van der Waals surface area contributed by atoms with Crippen LogP contribution in [-0.4, -0.2) is 47.1 Å². The molecule has 5 rings (SSSR count). The second-order valence-electron chi connectivity index (χ2n) is 10.7. The highest BCUT2D eigenvalue weighted by Crippen LogP contribution is 2.29. The summed E-state index contributed by atoms with van der Waals surface area (Å²) in [5, 5.41) is 8.35. The molecule has 0 radical (unpaired) electrons. The quantitative estimate of drug-likeness (QED) is 0.365. The van der Waals surface area contributed by atoms with Crippen molar-refractivity contribution in [1.82, 2.24) is 20.4 Å². The number of aromatic nitrogens is 2. The number of anilines is 1. The van der Waals surface area contributed by atoms with Gasteiger partial charge in [-0.25, -0.2) is 0 Å². The molecule has 2 aliphatic rings. The first-order chi connectivity index (χ1) is 18.4. The Morgan fingerprint density at radius 2 is 1.87 bits per heavy atom. The Balaban J connectivity index is 1.14. The van der Waals surface area contributed by atoms with Gasteiger partial charge >= 0.3 is 0 Å². The molecule has 0 aliphatic carbocycles. The molecule has 2 aliphatic heterocycles. The molecule has 0 bridgehead atoms. The van der Waals surface area contributed by atoms with Crippen LogP contribution in [0.25, 0.3) is 11.4 Å². The van der Waals surface area contributed by atoms with Gasteiger partial charge in [0, 0.05) is 35.9 Å². The van der Waals surface area contributed by atoms with Gasteiger partial charge in [-0.1, -0.05) is 47.4 Å². The van der Waals surface area contributed by atoms with Gasteiger partial charge in [0.25, 0.3) is 0 Å². The third-order valence-corrected chi connectivity index (χ3v) is 8.32. The Bertz CT molecular complexity index is 1240. The second-order valence-corrected chi connectivity index (χ2v) is 11.5. The summed E-state index contributed by atoms with van der Waals surface area (Å²) in [7, 11) is 0. The minimum Gasteiger partial charge on any atom is -0.372 e. The van der Waals surface area contributed by atoms with Gasteiger partial charge in [0.2, 0.25) is 17.6 Å². The summed E-state index contributed by atoms with van der Waals surface area (Å²) < 4.78 is 5.49. The van der Waals surface area contributed by atoms with E-state index >= 15 is 0 Å². The summed E-state index contributed by atoms with van der Waals surface area (Å²) in [6, 6.07) is 13.8. The number of piperidine rings is 2. The van der Waals surface area contributed by atoms with Crippen molar-refractivity contribution in [3.8, 4) is 11.4 Å². The largest absolute Gasteiger partial charge is 0.372 e. The lowest BCUT2D eigenvalue weighted by Gasteiger charge is -2.32. The summed E-state index contributed by atoms with van der Waals surface area (Å²) in [5.41, 5.74) is 3.07. The molecule has 2 saturated heterocycles. The molecule has 2 atom stereocenters. The molecule has 202 valence electrons. The fourth-order valence-electron chi connectivity index (χ4n) is 5.36. The molecular weight excluding hydrogens is 521 g/mol. The topological polar surface area (TPSA) is 74.5 Å². The predicted octanol–water partition coefficient (Wildman–Crippen LogP) is 6.37. The molecule has 1 N–H and O–H groups in total. The molecule has 38 heavy (non-hydrogen) atoms. The van der Waals surface area contributed by atoms with Gasteiger partial charge in [0.1, 0.15) is 0 Å². The van der Waals surface area contributed by atoms with E-state index in [0.717, 1.165) is 44.0 Å². The number of halogens is 2. The molecule has 3 heterocycles. The van der Waals surface area contributed by atoms with Crippen LogP contribution in [0.5, 0.6) is 0 Å². The van der Waals surface area contributed by atoms with Crippen LogP contribution >= 0.6 is 23.2 Å². The van der Waals surface area contributed by atoms with Gasteiger partial charge in [-0.15, -0.1) is 0 Å². The molecule has 0 saturated carbocycles. The molecule has 1 aromatic heterocycles. The van der Waals surface area contributed by atoms with Crippen molar-refractivity contribution < 1.29 is 9.32 Å². The van der Waals surface area contributed by atoms with Crippen LogP contribution in [0.1, 0.15) is 57.0 Å². The van der Waals surface area contributed by atoms with Crippen molar-refractivity contribution in [2.75, 3.05) is 31.1 Å². The number of nitrogens with zero attached hydrogens (tertiary/aromatic N) is 4. The lowest BCUT2D eigenvalue weighted by Crippen LogP contribution is -2.43. The maximum atomic E-state index is 13.2. The number of carbonyl (C=O) groups excluding carboxylic acids is 1. The summed E-state index contributed by atoms with van der Waals surface area (Å²) >= 11 is 12.3. The monoisotopic (exact) mass is 555 g/mol. The van der Waals surface area contributed by atoms with Crippen molar-refractivity contribution >= 4 is 34.8 Å². The summed E-state index contributed by atoms with van der Waals surface area (Å²) in [4.78, 5) is 22.3. The van der Waals surface area contributed by atoms with Gasteiger partial charge in [-0.2, -0.15) is 4.98 Å². The first-order valence-corrected chi connectivity index (χ1v) is 14.3. The number of nitrogens with one attached hydrogen (secondary N) is 1. The zero-order valence-corrected chi connectivity index (χ0v) is 23.5. The summed E-state index contributed by atoms with van der Waals surface area (Å²) in [5.74, 6) is 1.77. The lowest BCUT2D eigenvalue weighted by atomic mass is 9.96. The number of amides is 1. The molecule has 2 aromatic carbocycles. The zero-order chi connectivity index (χ0) is 26.6. The first-order valence-electron chi connectivity index (χ1n) is 13.5. The van der Waals surface area contributed by atoms with Gasteiger partial charge in [-0.3, -0.25) is 9.69 Å². The molecule has 3 aromatic rings. The van der Waals surface area contributed by atoms with Crippen LogP contribution in [-0.2, 0) is 11.3 Å². The minimum absolute atomic E-state index is 0.0454. The number of likely N-dealkylation sites (tertiary alicyclic amines) is 1. The van der Waals surface area contributed by atoms with E-state index in [0.29, 0.717) is 40.4 Å². The summed E-state index contributed by atoms with van der Waals surface area (Å²) in [6.07, 6.45) is 4.31. The van der Waals surface area contributed by atoms with Gasteiger partial charge in [-0.05, 0) is 81.0 Å². The number of benzene rings is 2. The smallest absolute Gasteiger partial charge is 0.241 e. The molecule has 9 heteroatoms. The van der Waals surface area contributed by atoms with Crippen molar-refractivity contribution in [1.29, 1.82) is 0 Å². The van der Waals surface area contributed by atoms with E-state index in [1.807, 2.05) is 0 Å². The van der Waals surface area contributed by atoms with Crippen LogP contribution in [0.4, 0.5) is 5.69 Å². The molecule has 7 nitrogen and oxygen atoms in total. The molecule has 2 unspecified atom stereocenters. The Kier molecular flexibility index (Phi) is 8.56. The minimum atomic E-state index is -0.0751. The van der Waals surface area contributed by atoms with E-state index in [-0.39, 0.29) is 17.9 Å². The van der Waals surface area contributed by atoms with Crippen LogP contribution in [0.2, 0.25) is 10.0 Å². The average Bonchev–Trinajstić information content (AvgIpc) is 3.37. The maximum absolute atomic E-state index is 13.2. The van der Waals surface area contributed by atoms with Gasteiger partial charge < -0.3 is 14.7 Å². The van der Waals surface area contributed by atoms with Crippen molar-refractivity contribution in [2.45, 2.75) is 52.1 Å². The van der Waals surface area contributed by atoms with Crippen LogP contribution < -0.4 is 10.2 Å². The average molecular weight is 557 g/mol. The fraction of sp³-hybridized carbons (Fsp3) is 0.483. The van der Waals surface area contributed by atoms with Crippen molar-refractivity contribution in [3.63, 3.8) is 0 Å². The van der Waals surface area contributed by atoms with E-state index in [1.54, 1.807) is 18.2 Å². The number of hydrogen-bond acceptors (Lipinski definition) is 6. The van der Waals surface area contributed by atoms with Crippen molar-refractivity contribution in [3.05, 3.63) is 64.0 Å². The van der Waals surface area contributed by atoms with E-state index in [1.165, 1.54) is 18.5 Å². The van der Waals surface area contributed by atoms with Crippen LogP contribution in [0.15, 0.2) is 47.0 Å². The highest BCUT2D eigenvalue weighted by atomic mass is 35.5. The molecule has 1 amide bonds. The van der Waals surface area contributed by atoms with E-state index in [4.69, 9.17) is 27.7 Å². The molecule has 2 fully saturated rings. The third-order valence-electron chi connectivity index (χ3n) is 7.78. The number of carbonyl (C=O) groups is 1. The second kappa shape index (κ2) is 12.1. The first kappa shape index (κ1) is 27.0. The highest BCUT2D eigenvalue weighted by molar-refractivity contribution is 6.36. The molecule has 0 spiro atoms. The Morgan fingerprint density at radius 1 is 1.11 bits per heavy atom. The Morgan fingerprint density at radius 3 is 2.61 bits per heavy atom. The van der Waals surface area contributed by atoms with E-state index < -0.39 is 0 Å². The summed E-state index contributed by atoms with van der Waals surface area (Å²) in [6.45, 7) is 8.65. The normalized spacial score (nSPS) is 19.9. The zero-order valence-electron chi connectivity index (χ0n) is 22.0. The maximum Gasteiger partial charge on any atom is 0.241 e. The van der Waals surface area contributed by atoms with Gasteiger partial charge in [0.05, 0.1) is 23.5 Å². The third kappa shape index (κ3) is 6.50. The van der Waals surface area contributed by atoms with Crippen LogP contribution in [0, 0.1) is 11.8 Å². The number of rotatable bonds is 7. The van der Waals surface area contributed by atoms with E-state index in [2.05, 4.69) is 63.4 Å². The Labute approximate surface area is 234 Å².